The van der Waals surface area contributed by atoms with Crippen LogP contribution in [0.25, 0.3) is 11.1 Å². The highest BCUT2D eigenvalue weighted by Gasteiger charge is 2.18. The molecule has 0 spiro atoms. The van der Waals surface area contributed by atoms with Gasteiger partial charge in [0.1, 0.15) is 11.5 Å². The van der Waals surface area contributed by atoms with Crippen molar-refractivity contribution in [2.75, 3.05) is 14.2 Å². The molecule has 0 aliphatic heterocycles. The van der Waals surface area contributed by atoms with Gasteiger partial charge in [-0.1, -0.05) is 18.2 Å². The molecule has 5 heteroatoms. The lowest BCUT2D eigenvalue weighted by Crippen LogP contribution is -2.02. The topological polar surface area (TPSA) is 52.6 Å². The maximum Gasteiger partial charge on any atom is 0.206 e. The third-order valence-electron chi connectivity index (χ3n) is 4.28. The van der Waals surface area contributed by atoms with Gasteiger partial charge in [0.2, 0.25) is 9.84 Å². The smallest absolute Gasteiger partial charge is 0.206 e. The van der Waals surface area contributed by atoms with E-state index in [9.17, 15) is 8.42 Å². The Bertz CT molecular complexity index is 1000. The average molecular weight is 368 g/mol. The van der Waals surface area contributed by atoms with Crippen LogP contribution in [0.4, 0.5) is 0 Å². The monoisotopic (exact) mass is 368 g/mol. The van der Waals surface area contributed by atoms with Crippen LogP contribution in [-0.2, 0) is 9.84 Å². The number of sulfone groups is 1. The van der Waals surface area contributed by atoms with Crippen LogP contribution in [0.15, 0.2) is 76.5 Å². The van der Waals surface area contributed by atoms with E-state index in [1.165, 1.54) is 0 Å². The van der Waals surface area contributed by atoms with Gasteiger partial charge >= 0.3 is 0 Å². The molecule has 0 saturated heterocycles. The van der Waals surface area contributed by atoms with E-state index in [-0.39, 0.29) is 9.79 Å². The Morgan fingerprint density at radius 1 is 0.692 bits per heavy atom. The lowest BCUT2D eigenvalue weighted by molar-refractivity contribution is 0.414. The van der Waals surface area contributed by atoms with Crippen LogP contribution in [0.1, 0.15) is 5.56 Å². The summed E-state index contributed by atoms with van der Waals surface area (Å²) in [5, 5.41) is 0. The molecule has 134 valence electrons. The maximum absolute atomic E-state index is 12.9. The van der Waals surface area contributed by atoms with Gasteiger partial charge in [0.25, 0.3) is 0 Å². The van der Waals surface area contributed by atoms with Crippen molar-refractivity contribution in [1.82, 2.24) is 0 Å². The average Bonchev–Trinajstić information content (AvgIpc) is 2.68. The quantitative estimate of drug-likeness (QED) is 0.665. The number of rotatable bonds is 5. The van der Waals surface area contributed by atoms with Crippen molar-refractivity contribution in [3.05, 3.63) is 72.3 Å². The van der Waals surface area contributed by atoms with Gasteiger partial charge in [-0.05, 0) is 72.1 Å². The van der Waals surface area contributed by atoms with Gasteiger partial charge in [0, 0.05) is 0 Å². The van der Waals surface area contributed by atoms with E-state index in [0.717, 1.165) is 22.4 Å². The Morgan fingerprint density at radius 3 is 1.69 bits per heavy atom. The first kappa shape index (κ1) is 18.0. The van der Waals surface area contributed by atoms with Crippen LogP contribution in [0.5, 0.6) is 11.5 Å². The molecule has 0 heterocycles. The molecule has 3 aromatic rings. The number of benzene rings is 3. The number of ether oxygens (including phenoxy) is 2. The Labute approximate surface area is 153 Å². The van der Waals surface area contributed by atoms with E-state index in [0.29, 0.717) is 5.75 Å². The fourth-order valence-electron chi connectivity index (χ4n) is 2.79. The molecule has 0 aliphatic rings. The predicted octanol–water partition coefficient (Wildman–Crippen LogP) is 4.51. The summed E-state index contributed by atoms with van der Waals surface area (Å²) >= 11 is 0. The zero-order chi connectivity index (χ0) is 18.7. The molecular formula is C21H20O4S. The minimum absolute atomic E-state index is 0.245. The normalized spacial score (nSPS) is 11.2. The molecule has 3 aromatic carbocycles. The molecule has 0 fully saturated rings. The van der Waals surface area contributed by atoms with E-state index in [1.807, 2.05) is 37.3 Å². The summed E-state index contributed by atoms with van der Waals surface area (Å²) in [6.07, 6.45) is 0. The van der Waals surface area contributed by atoms with Gasteiger partial charge in [0.05, 0.1) is 24.0 Å². The summed E-state index contributed by atoms with van der Waals surface area (Å²) in [6, 6.07) is 19.3. The molecular weight excluding hydrogens is 348 g/mol. The zero-order valence-electron chi connectivity index (χ0n) is 14.9. The largest absolute Gasteiger partial charge is 0.497 e. The second-order valence-corrected chi connectivity index (χ2v) is 7.83. The van der Waals surface area contributed by atoms with E-state index in [1.54, 1.807) is 50.6 Å². The molecule has 26 heavy (non-hydrogen) atoms. The lowest BCUT2D eigenvalue weighted by atomic mass is 10.0. The highest BCUT2D eigenvalue weighted by Crippen LogP contribution is 2.30. The number of hydrogen-bond acceptors (Lipinski definition) is 4. The highest BCUT2D eigenvalue weighted by molar-refractivity contribution is 7.91. The van der Waals surface area contributed by atoms with Crippen LogP contribution in [-0.4, -0.2) is 22.6 Å². The molecule has 0 saturated carbocycles. The van der Waals surface area contributed by atoms with E-state index in [2.05, 4.69) is 0 Å². The molecule has 4 nitrogen and oxygen atoms in total. The summed E-state index contributed by atoms with van der Waals surface area (Å²) in [5.41, 5.74) is 2.89. The lowest BCUT2D eigenvalue weighted by Gasteiger charge is -2.11. The number of aryl methyl sites for hydroxylation is 1. The fraction of sp³-hybridized carbons (Fsp3) is 0.143. The van der Waals surface area contributed by atoms with Gasteiger partial charge in [-0.2, -0.15) is 0 Å². The number of hydrogen-bond donors (Lipinski definition) is 0. The van der Waals surface area contributed by atoms with Crippen molar-refractivity contribution in [2.45, 2.75) is 16.7 Å². The molecule has 0 N–H and O–H groups in total. The molecule has 0 bridgehead atoms. The molecule has 0 amide bonds. The third-order valence-corrected chi connectivity index (χ3v) is 6.05. The Kier molecular flexibility index (Phi) is 5.00. The van der Waals surface area contributed by atoms with Crippen LogP contribution >= 0.6 is 0 Å². The van der Waals surface area contributed by atoms with Gasteiger partial charge in [-0.15, -0.1) is 0 Å². The van der Waals surface area contributed by atoms with E-state index >= 15 is 0 Å². The second kappa shape index (κ2) is 7.22. The summed E-state index contributed by atoms with van der Waals surface area (Å²) < 4.78 is 36.0. The second-order valence-electron chi connectivity index (χ2n) is 5.88. The Hall–Kier alpha value is -2.79. The molecule has 3 rings (SSSR count). The summed E-state index contributed by atoms with van der Waals surface area (Å²) in [6.45, 7) is 1.91. The molecule has 0 radical (unpaired) electrons. The molecule has 0 unspecified atom stereocenters. The van der Waals surface area contributed by atoms with Crippen molar-refractivity contribution in [3.8, 4) is 22.6 Å². The van der Waals surface area contributed by atoms with Crippen molar-refractivity contribution >= 4 is 9.84 Å². The zero-order valence-corrected chi connectivity index (χ0v) is 15.7. The summed E-state index contributed by atoms with van der Waals surface area (Å²) in [7, 11) is -0.401. The Balaban J connectivity index is 1.97. The van der Waals surface area contributed by atoms with E-state index < -0.39 is 9.84 Å². The first-order chi connectivity index (χ1) is 12.5. The van der Waals surface area contributed by atoms with Crippen molar-refractivity contribution < 1.29 is 17.9 Å². The highest BCUT2D eigenvalue weighted by atomic mass is 32.2. The minimum atomic E-state index is -3.57. The van der Waals surface area contributed by atoms with E-state index in [4.69, 9.17) is 9.47 Å². The molecule has 0 aliphatic carbocycles. The van der Waals surface area contributed by atoms with Crippen molar-refractivity contribution in [3.63, 3.8) is 0 Å². The minimum Gasteiger partial charge on any atom is -0.497 e. The molecule has 0 atom stereocenters. The molecule has 0 aromatic heterocycles. The van der Waals surface area contributed by atoms with Crippen molar-refractivity contribution in [2.24, 2.45) is 0 Å². The summed E-state index contributed by atoms with van der Waals surface area (Å²) in [5.74, 6) is 1.40. The first-order valence-electron chi connectivity index (χ1n) is 8.10. The van der Waals surface area contributed by atoms with Crippen LogP contribution in [0.2, 0.25) is 0 Å². The van der Waals surface area contributed by atoms with Crippen LogP contribution in [0, 0.1) is 6.92 Å². The SMILES string of the molecule is COc1ccc(-c2ccc(S(=O)(=O)c3ccc(OC)cc3)cc2C)cc1. The fourth-order valence-corrected chi connectivity index (χ4v) is 4.13. The Morgan fingerprint density at radius 2 is 1.19 bits per heavy atom. The van der Waals surface area contributed by atoms with Crippen molar-refractivity contribution in [1.29, 1.82) is 0 Å². The predicted molar refractivity (Wildman–Crippen MR) is 102 cm³/mol. The first-order valence-corrected chi connectivity index (χ1v) is 9.58. The third kappa shape index (κ3) is 3.44. The standard InChI is InChI=1S/C21H20O4S/c1-15-14-20(26(22,23)19-10-8-18(25-3)9-11-19)12-13-21(15)16-4-6-17(24-2)7-5-16/h4-14H,1-3H3. The van der Waals surface area contributed by atoms with Gasteiger partial charge in [-0.25, -0.2) is 8.42 Å². The number of methoxy groups -OCH3 is 2. The van der Waals surface area contributed by atoms with Crippen LogP contribution in [0.3, 0.4) is 0 Å². The van der Waals surface area contributed by atoms with Gasteiger partial charge in [-0.3, -0.25) is 0 Å². The van der Waals surface area contributed by atoms with Gasteiger partial charge < -0.3 is 9.47 Å². The summed E-state index contributed by atoms with van der Waals surface area (Å²) in [4.78, 5) is 0.521. The maximum atomic E-state index is 12.9. The van der Waals surface area contributed by atoms with Crippen LogP contribution < -0.4 is 9.47 Å². The van der Waals surface area contributed by atoms with Gasteiger partial charge in [0.15, 0.2) is 0 Å².